The lowest BCUT2D eigenvalue weighted by Crippen LogP contribution is -2.16. The molecule has 0 radical (unpaired) electrons. The van der Waals surface area contributed by atoms with Crippen LogP contribution in [0.25, 0.3) is 0 Å². The summed E-state index contributed by atoms with van der Waals surface area (Å²) in [6.07, 6.45) is 0.648. The average Bonchev–Trinajstić information content (AvgIpc) is 2.48. The molecule has 112 valence electrons. The number of rotatable bonds is 5. The van der Waals surface area contributed by atoms with Crippen LogP contribution in [0.5, 0.6) is 0 Å². The van der Waals surface area contributed by atoms with Crippen molar-refractivity contribution >= 4 is 15.7 Å². The Hall–Kier alpha value is -1.85. The maximum Gasteiger partial charge on any atom is 0.262 e. The van der Waals surface area contributed by atoms with E-state index in [1.165, 1.54) is 0 Å². The largest absolute Gasteiger partial charge is 0.326 e. The Labute approximate surface area is 126 Å². The maximum atomic E-state index is 12.6. The molecule has 2 rings (SSSR count). The number of nitrogens with two attached hydrogens (primary N) is 1. The molecule has 21 heavy (non-hydrogen) atoms. The summed E-state index contributed by atoms with van der Waals surface area (Å²) < 4.78 is 28.0. The van der Waals surface area contributed by atoms with E-state index in [-0.39, 0.29) is 0 Å². The lowest BCUT2D eigenvalue weighted by atomic mass is 10.1. The summed E-state index contributed by atoms with van der Waals surface area (Å²) in [5.74, 6) is 0. The number of hydrogen-bond donors (Lipinski definition) is 2. The first-order valence-electron chi connectivity index (χ1n) is 6.88. The van der Waals surface area contributed by atoms with E-state index >= 15 is 0 Å². The van der Waals surface area contributed by atoms with E-state index in [4.69, 9.17) is 5.73 Å². The molecule has 0 aliphatic carbocycles. The van der Waals surface area contributed by atoms with Gasteiger partial charge in [0.05, 0.1) is 10.6 Å². The predicted molar refractivity (Wildman–Crippen MR) is 85.7 cm³/mol. The Morgan fingerprint density at radius 3 is 2.48 bits per heavy atom. The van der Waals surface area contributed by atoms with Crippen molar-refractivity contribution in [1.29, 1.82) is 0 Å². The number of para-hydroxylation sites is 1. The highest BCUT2D eigenvalue weighted by Gasteiger charge is 2.19. The minimum absolute atomic E-state index is 0.302. The van der Waals surface area contributed by atoms with Gasteiger partial charge < -0.3 is 5.73 Å². The molecule has 0 aliphatic heterocycles. The zero-order chi connectivity index (χ0) is 15.5. The fourth-order valence-corrected chi connectivity index (χ4v) is 3.65. The number of benzene rings is 2. The Morgan fingerprint density at radius 1 is 1.14 bits per heavy atom. The van der Waals surface area contributed by atoms with E-state index in [1.807, 2.05) is 44.2 Å². The average molecular weight is 304 g/mol. The first kappa shape index (κ1) is 15.5. The third kappa shape index (κ3) is 3.43. The molecule has 0 saturated heterocycles. The molecule has 0 unspecified atom stereocenters. The van der Waals surface area contributed by atoms with E-state index < -0.39 is 10.0 Å². The van der Waals surface area contributed by atoms with Crippen LogP contribution in [0.1, 0.15) is 23.6 Å². The van der Waals surface area contributed by atoms with Gasteiger partial charge in [0.15, 0.2) is 0 Å². The van der Waals surface area contributed by atoms with Crippen LogP contribution in [0, 0.1) is 6.92 Å². The normalized spacial score (nSPS) is 11.4. The van der Waals surface area contributed by atoms with Crippen LogP contribution in [0.4, 0.5) is 5.69 Å². The van der Waals surface area contributed by atoms with Gasteiger partial charge in [-0.25, -0.2) is 8.42 Å². The molecule has 3 N–H and O–H groups in total. The molecule has 0 atom stereocenters. The van der Waals surface area contributed by atoms with Crippen molar-refractivity contribution in [2.75, 3.05) is 4.72 Å². The fourth-order valence-electron chi connectivity index (χ4n) is 2.16. The molecule has 0 aromatic heterocycles. The summed E-state index contributed by atoms with van der Waals surface area (Å²) in [5, 5.41) is 0. The van der Waals surface area contributed by atoms with Crippen LogP contribution in [0.15, 0.2) is 47.4 Å². The molecule has 2 aromatic rings. The Balaban J connectivity index is 2.46. The molecular weight excluding hydrogens is 284 g/mol. The van der Waals surface area contributed by atoms with Crippen molar-refractivity contribution in [3.05, 3.63) is 59.2 Å². The van der Waals surface area contributed by atoms with E-state index in [2.05, 4.69) is 4.72 Å². The van der Waals surface area contributed by atoms with Gasteiger partial charge >= 0.3 is 0 Å². The highest BCUT2D eigenvalue weighted by molar-refractivity contribution is 7.92. The Morgan fingerprint density at radius 2 is 1.86 bits per heavy atom. The van der Waals surface area contributed by atoms with Crippen molar-refractivity contribution in [3.8, 4) is 0 Å². The van der Waals surface area contributed by atoms with Gasteiger partial charge in [-0.2, -0.15) is 0 Å². The standard InChI is InChI=1S/C16H20N2O2S/c1-3-14-9-8-13(11-17)10-16(14)21(19,20)18-15-7-5-4-6-12(15)2/h4-10,18H,3,11,17H2,1-2H3. The summed E-state index contributed by atoms with van der Waals surface area (Å²) in [7, 11) is -3.62. The minimum Gasteiger partial charge on any atom is -0.326 e. The molecule has 0 spiro atoms. The minimum atomic E-state index is -3.62. The predicted octanol–water partition coefficient (Wildman–Crippen LogP) is 2.82. The molecule has 0 amide bonds. The molecular formula is C16H20N2O2S. The lowest BCUT2D eigenvalue weighted by Gasteiger charge is -2.14. The zero-order valence-electron chi connectivity index (χ0n) is 12.3. The lowest BCUT2D eigenvalue weighted by molar-refractivity contribution is 0.600. The first-order chi connectivity index (χ1) is 9.97. The highest BCUT2D eigenvalue weighted by Crippen LogP contribution is 2.23. The number of anilines is 1. The summed E-state index contributed by atoms with van der Waals surface area (Å²) in [6.45, 7) is 4.12. The Kier molecular flexibility index (Phi) is 4.65. The molecule has 5 heteroatoms. The van der Waals surface area contributed by atoms with Crippen molar-refractivity contribution in [3.63, 3.8) is 0 Å². The quantitative estimate of drug-likeness (QED) is 0.892. The molecule has 0 heterocycles. The maximum absolute atomic E-state index is 12.6. The molecule has 0 bridgehead atoms. The topological polar surface area (TPSA) is 72.2 Å². The summed E-state index contributed by atoms with van der Waals surface area (Å²) >= 11 is 0. The van der Waals surface area contributed by atoms with E-state index in [0.29, 0.717) is 23.5 Å². The molecule has 2 aromatic carbocycles. The van der Waals surface area contributed by atoms with Gasteiger partial charge in [-0.05, 0) is 42.2 Å². The second-order valence-electron chi connectivity index (χ2n) is 4.92. The van der Waals surface area contributed by atoms with Gasteiger partial charge in [0, 0.05) is 6.54 Å². The second-order valence-corrected chi connectivity index (χ2v) is 6.57. The van der Waals surface area contributed by atoms with Gasteiger partial charge in [0.2, 0.25) is 0 Å². The van der Waals surface area contributed by atoms with Gasteiger partial charge in [-0.3, -0.25) is 4.72 Å². The third-order valence-corrected chi connectivity index (χ3v) is 4.87. The van der Waals surface area contributed by atoms with Gasteiger partial charge in [-0.15, -0.1) is 0 Å². The molecule has 4 nitrogen and oxygen atoms in total. The Bertz CT molecular complexity index is 740. The number of sulfonamides is 1. The van der Waals surface area contributed by atoms with Crippen molar-refractivity contribution in [1.82, 2.24) is 0 Å². The zero-order valence-corrected chi connectivity index (χ0v) is 13.1. The van der Waals surface area contributed by atoms with Gasteiger partial charge in [0.1, 0.15) is 0 Å². The van der Waals surface area contributed by atoms with Crippen molar-refractivity contribution in [2.45, 2.75) is 31.7 Å². The van der Waals surface area contributed by atoms with E-state index in [9.17, 15) is 8.42 Å². The smallest absolute Gasteiger partial charge is 0.262 e. The summed E-state index contributed by atoms with van der Waals surface area (Å²) in [5.41, 5.74) is 8.68. The van der Waals surface area contributed by atoms with Crippen LogP contribution in [0.2, 0.25) is 0 Å². The van der Waals surface area contributed by atoms with E-state index in [0.717, 1.165) is 16.7 Å². The van der Waals surface area contributed by atoms with Crippen LogP contribution in [-0.4, -0.2) is 8.42 Å². The molecule has 0 aliphatic rings. The van der Waals surface area contributed by atoms with Crippen LogP contribution >= 0.6 is 0 Å². The monoisotopic (exact) mass is 304 g/mol. The number of hydrogen-bond acceptors (Lipinski definition) is 3. The molecule has 0 fully saturated rings. The van der Waals surface area contributed by atoms with E-state index in [1.54, 1.807) is 12.1 Å². The first-order valence-corrected chi connectivity index (χ1v) is 8.36. The summed E-state index contributed by atoms with van der Waals surface area (Å²) in [4.78, 5) is 0.302. The van der Waals surface area contributed by atoms with Crippen LogP contribution in [-0.2, 0) is 23.0 Å². The summed E-state index contributed by atoms with van der Waals surface area (Å²) in [6, 6.07) is 12.7. The number of aryl methyl sites for hydroxylation is 2. The van der Waals surface area contributed by atoms with Crippen molar-refractivity contribution in [2.24, 2.45) is 5.73 Å². The van der Waals surface area contributed by atoms with Crippen LogP contribution < -0.4 is 10.5 Å². The second kappa shape index (κ2) is 6.28. The molecule has 0 saturated carbocycles. The van der Waals surface area contributed by atoms with Gasteiger partial charge in [0.25, 0.3) is 10.0 Å². The van der Waals surface area contributed by atoms with Gasteiger partial charge in [-0.1, -0.05) is 37.3 Å². The number of nitrogens with one attached hydrogen (secondary N) is 1. The van der Waals surface area contributed by atoms with Crippen molar-refractivity contribution < 1.29 is 8.42 Å². The highest BCUT2D eigenvalue weighted by atomic mass is 32.2. The van der Waals surface area contributed by atoms with Crippen LogP contribution in [0.3, 0.4) is 0 Å². The SMILES string of the molecule is CCc1ccc(CN)cc1S(=O)(=O)Nc1ccccc1C. The fraction of sp³-hybridized carbons (Fsp3) is 0.250. The third-order valence-electron chi connectivity index (χ3n) is 3.43.